The lowest BCUT2D eigenvalue weighted by molar-refractivity contribution is 1.13. The van der Waals surface area contributed by atoms with Gasteiger partial charge >= 0.3 is 0 Å². The molecule has 2 heteroatoms. The van der Waals surface area contributed by atoms with Crippen LogP contribution in [0.3, 0.4) is 0 Å². The first kappa shape index (κ1) is 15.0. The van der Waals surface area contributed by atoms with Crippen LogP contribution in [0.4, 0.5) is 5.69 Å². The zero-order chi connectivity index (χ0) is 16.2. The zero-order valence-electron chi connectivity index (χ0n) is 13.5. The Morgan fingerprint density at radius 2 is 1.74 bits per heavy atom. The maximum Gasteiger partial charge on any atom is 0.0708 e. The van der Waals surface area contributed by atoms with Crippen LogP contribution in [0.5, 0.6) is 0 Å². The summed E-state index contributed by atoms with van der Waals surface area (Å²) in [6.07, 6.45) is 5.76. The Balaban J connectivity index is 2.15. The quantitative estimate of drug-likeness (QED) is 0.636. The van der Waals surface area contributed by atoms with E-state index in [1.807, 2.05) is 44.6 Å². The Kier molecular flexibility index (Phi) is 4.24. The molecule has 23 heavy (non-hydrogen) atoms. The molecule has 0 spiro atoms. The first-order valence-electron chi connectivity index (χ1n) is 7.65. The Labute approximate surface area is 137 Å². The third-order valence-electron chi connectivity index (χ3n) is 3.92. The number of benzene rings is 2. The second-order valence-electron chi connectivity index (χ2n) is 5.63. The number of rotatable bonds is 4. The molecule has 0 N–H and O–H groups in total. The fourth-order valence-electron chi connectivity index (χ4n) is 2.73. The highest BCUT2D eigenvalue weighted by Crippen LogP contribution is 2.30. The van der Waals surface area contributed by atoms with Gasteiger partial charge in [-0.15, -0.1) is 0 Å². The first-order valence-corrected chi connectivity index (χ1v) is 7.65. The Morgan fingerprint density at radius 1 is 1.00 bits per heavy atom. The van der Waals surface area contributed by atoms with Crippen molar-refractivity contribution >= 4 is 22.2 Å². The van der Waals surface area contributed by atoms with Crippen molar-refractivity contribution in [1.82, 2.24) is 4.98 Å². The highest BCUT2D eigenvalue weighted by Gasteiger charge is 2.09. The van der Waals surface area contributed by atoms with E-state index in [0.717, 1.165) is 16.5 Å². The maximum absolute atomic E-state index is 4.46. The van der Waals surface area contributed by atoms with Crippen molar-refractivity contribution in [2.45, 2.75) is 0 Å². The molecular weight excluding hydrogens is 280 g/mol. The normalized spacial score (nSPS) is 11.5. The van der Waals surface area contributed by atoms with Gasteiger partial charge in [0.25, 0.3) is 0 Å². The molecule has 0 atom stereocenters. The maximum atomic E-state index is 4.46. The molecule has 1 heterocycles. The first-order chi connectivity index (χ1) is 11.2. The molecule has 2 nitrogen and oxygen atoms in total. The van der Waals surface area contributed by atoms with E-state index in [1.54, 1.807) is 0 Å². The van der Waals surface area contributed by atoms with Crippen LogP contribution in [0, 0.1) is 0 Å². The number of fused-ring (bicyclic) bond motifs is 1. The average Bonchev–Trinajstić information content (AvgIpc) is 2.59. The molecule has 0 saturated carbocycles. The number of para-hydroxylation sites is 1. The number of aromatic nitrogens is 1. The zero-order valence-corrected chi connectivity index (χ0v) is 13.5. The van der Waals surface area contributed by atoms with E-state index in [1.165, 1.54) is 16.8 Å². The highest BCUT2D eigenvalue weighted by atomic mass is 15.1. The lowest BCUT2D eigenvalue weighted by Crippen LogP contribution is -2.08. The third kappa shape index (κ3) is 3.02. The van der Waals surface area contributed by atoms with Crippen LogP contribution >= 0.6 is 0 Å². The molecule has 3 aromatic rings. The fraction of sp³-hybridized carbons (Fsp3) is 0.0952. The molecule has 0 unspecified atom stereocenters. The van der Waals surface area contributed by atoms with Gasteiger partial charge in [0.15, 0.2) is 0 Å². The summed E-state index contributed by atoms with van der Waals surface area (Å²) in [6, 6.07) is 18.9. The van der Waals surface area contributed by atoms with E-state index in [-0.39, 0.29) is 0 Å². The molecule has 3 rings (SSSR count). The minimum Gasteiger partial charge on any atom is -0.378 e. The second-order valence-corrected chi connectivity index (χ2v) is 5.63. The van der Waals surface area contributed by atoms with Crippen LogP contribution in [0.1, 0.15) is 11.1 Å². The molecular formula is C21H20N2. The minimum absolute atomic E-state index is 1.00. The number of anilines is 1. The highest BCUT2D eigenvalue weighted by molar-refractivity contribution is 5.96. The van der Waals surface area contributed by atoms with Crippen LogP contribution in [0.15, 0.2) is 79.5 Å². The van der Waals surface area contributed by atoms with E-state index in [2.05, 4.69) is 58.9 Å². The van der Waals surface area contributed by atoms with Crippen LogP contribution in [-0.2, 0) is 0 Å². The van der Waals surface area contributed by atoms with Crippen molar-refractivity contribution in [3.63, 3.8) is 0 Å². The standard InChI is InChI=1S/C21H20N2/c1-4-7-18(16-10-12-17(13-11-16)23(2)3)19-14-15-22-21-9-6-5-8-20(19)21/h4-15H,1H2,2-3H3. The van der Waals surface area contributed by atoms with Crippen LogP contribution in [-0.4, -0.2) is 19.1 Å². The third-order valence-corrected chi connectivity index (χ3v) is 3.92. The largest absolute Gasteiger partial charge is 0.378 e. The van der Waals surface area contributed by atoms with Gasteiger partial charge in [-0.05, 0) is 41.0 Å². The SMILES string of the molecule is C=CC=C(c1ccc(N(C)C)cc1)c1ccnc2ccccc12. The lowest BCUT2D eigenvalue weighted by Gasteiger charge is -2.15. The van der Waals surface area contributed by atoms with Crippen molar-refractivity contribution in [3.8, 4) is 0 Å². The van der Waals surface area contributed by atoms with E-state index >= 15 is 0 Å². The summed E-state index contributed by atoms with van der Waals surface area (Å²) in [5, 5.41) is 1.15. The van der Waals surface area contributed by atoms with Crippen molar-refractivity contribution in [3.05, 3.63) is 90.7 Å². The van der Waals surface area contributed by atoms with E-state index in [9.17, 15) is 0 Å². The van der Waals surface area contributed by atoms with Gasteiger partial charge in [-0.3, -0.25) is 4.98 Å². The van der Waals surface area contributed by atoms with Crippen LogP contribution < -0.4 is 4.90 Å². The van der Waals surface area contributed by atoms with Crippen molar-refractivity contribution < 1.29 is 0 Å². The van der Waals surface area contributed by atoms with Crippen LogP contribution in [0.2, 0.25) is 0 Å². The molecule has 0 bridgehead atoms. The molecule has 0 aliphatic heterocycles. The van der Waals surface area contributed by atoms with Gasteiger partial charge in [-0.1, -0.05) is 49.1 Å². The summed E-state index contributed by atoms with van der Waals surface area (Å²) in [5.41, 5.74) is 5.69. The smallest absolute Gasteiger partial charge is 0.0708 e. The summed E-state index contributed by atoms with van der Waals surface area (Å²) < 4.78 is 0. The van der Waals surface area contributed by atoms with Gasteiger partial charge in [-0.25, -0.2) is 0 Å². The summed E-state index contributed by atoms with van der Waals surface area (Å²) in [6.45, 7) is 3.88. The van der Waals surface area contributed by atoms with E-state index < -0.39 is 0 Å². The van der Waals surface area contributed by atoms with Crippen molar-refractivity contribution in [1.29, 1.82) is 0 Å². The molecule has 1 aromatic heterocycles. The van der Waals surface area contributed by atoms with Crippen molar-refractivity contribution in [2.24, 2.45) is 0 Å². The number of pyridine rings is 1. The van der Waals surface area contributed by atoms with E-state index in [0.29, 0.717) is 0 Å². The Hall–Kier alpha value is -2.87. The van der Waals surface area contributed by atoms with Gasteiger partial charge in [0.1, 0.15) is 0 Å². The predicted octanol–water partition coefficient (Wildman–Crippen LogP) is 4.92. The van der Waals surface area contributed by atoms with Gasteiger partial charge < -0.3 is 4.90 Å². The molecule has 0 aliphatic carbocycles. The van der Waals surface area contributed by atoms with Gasteiger partial charge in [0.2, 0.25) is 0 Å². The van der Waals surface area contributed by atoms with Crippen molar-refractivity contribution in [2.75, 3.05) is 19.0 Å². The monoisotopic (exact) mass is 300 g/mol. The average molecular weight is 300 g/mol. The topological polar surface area (TPSA) is 16.1 Å². The Morgan fingerprint density at radius 3 is 2.43 bits per heavy atom. The lowest BCUT2D eigenvalue weighted by atomic mass is 9.94. The summed E-state index contributed by atoms with van der Waals surface area (Å²) in [7, 11) is 4.09. The number of allylic oxidation sites excluding steroid dienone is 2. The van der Waals surface area contributed by atoms with Crippen LogP contribution in [0.25, 0.3) is 16.5 Å². The Bertz CT molecular complexity index is 853. The summed E-state index contributed by atoms with van der Waals surface area (Å²) in [4.78, 5) is 6.56. The minimum atomic E-state index is 1.00. The summed E-state index contributed by atoms with van der Waals surface area (Å²) in [5.74, 6) is 0. The molecule has 0 radical (unpaired) electrons. The molecule has 2 aromatic carbocycles. The fourth-order valence-corrected chi connectivity index (χ4v) is 2.73. The molecule has 114 valence electrons. The van der Waals surface area contributed by atoms with Gasteiger partial charge in [0.05, 0.1) is 5.52 Å². The van der Waals surface area contributed by atoms with E-state index in [4.69, 9.17) is 0 Å². The number of hydrogen-bond donors (Lipinski definition) is 0. The molecule has 0 saturated heterocycles. The predicted molar refractivity (Wildman–Crippen MR) is 99.8 cm³/mol. The summed E-state index contributed by atoms with van der Waals surface area (Å²) >= 11 is 0. The molecule has 0 aliphatic rings. The molecule has 0 fully saturated rings. The molecule has 0 amide bonds. The van der Waals surface area contributed by atoms with Gasteiger partial charge in [-0.2, -0.15) is 0 Å². The number of nitrogens with zero attached hydrogens (tertiary/aromatic N) is 2. The second kappa shape index (κ2) is 6.49. The van der Waals surface area contributed by atoms with Gasteiger partial charge in [0, 0.05) is 31.4 Å². The number of hydrogen-bond acceptors (Lipinski definition) is 2.